The zero-order valence-electron chi connectivity index (χ0n) is 25.2. The highest BCUT2D eigenvalue weighted by Crippen LogP contribution is 2.23. The highest BCUT2D eigenvalue weighted by atomic mass is 32.1. The Morgan fingerprint density at radius 3 is 1.56 bits per heavy atom. The first kappa shape index (κ1) is 36.7. The topological polar surface area (TPSA) is 68.2 Å². The molecule has 1 aliphatic rings. The standard InChI is InChI=1S/C32H60O5S2/c1-3-5-7-9-11-13-15-17-19-21-23-29(38)35-25-27(33)31-32(28(34)26-36-31)37-30(39)24-22-20-18-16-14-12-10-8-6-4-2/h27-28,31-34H,3-26H2,1-2H3/t27-,28+,31-,32-/m1/s1. The molecule has 39 heavy (non-hydrogen) atoms. The van der Waals surface area contributed by atoms with Crippen molar-refractivity contribution in [2.75, 3.05) is 13.2 Å². The molecular weight excluding hydrogens is 528 g/mol. The molecule has 0 unspecified atom stereocenters. The van der Waals surface area contributed by atoms with Gasteiger partial charge in [-0.05, 0) is 37.3 Å². The molecule has 0 spiro atoms. The summed E-state index contributed by atoms with van der Waals surface area (Å²) >= 11 is 10.8. The lowest BCUT2D eigenvalue weighted by atomic mass is 10.1. The van der Waals surface area contributed by atoms with Crippen molar-refractivity contribution >= 4 is 34.5 Å². The Morgan fingerprint density at radius 2 is 1.10 bits per heavy atom. The summed E-state index contributed by atoms with van der Waals surface area (Å²) in [7, 11) is 0. The molecule has 0 amide bonds. The number of thiocarbonyl (C=S) groups is 2. The smallest absolute Gasteiger partial charge is 0.160 e. The van der Waals surface area contributed by atoms with Crippen LogP contribution in [0.15, 0.2) is 0 Å². The average molecular weight is 589 g/mol. The SMILES string of the molecule is CCCCCCCCCCCCC(=S)OC[C@@H](O)[C@H]1OC[C@H](O)[C@H]1OC(=S)CCCCCCCCCCCC. The van der Waals surface area contributed by atoms with Crippen LogP contribution in [0.25, 0.3) is 0 Å². The van der Waals surface area contributed by atoms with Crippen LogP contribution in [0.2, 0.25) is 0 Å². The van der Waals surface area contributed by atoms with Gasteiger partial charge in [-0.25, -0.2) is 0 Å². The van der Waals surface area contributed by atoms with Crippen molar-refractivity contribution in [3.8, 4) is 0 Å². The maximum absolute atomic E-state index is 10.7. The van der Waals surface area contributed by atoms with Crippen LogP contribution in [0.1, 0.15) is 155 Å². The van der Waals surface area contributed by atoms with Crippen LogP contribution in [0.3, 0.4) is 0 Å². The summed E-state index contributed by atoms with van der Waals surface area (Å²) in [5, 5.41) is 22.0. The van der Waals surface area contributed by atoms with Crippen LogP contribution in [-0.4, -0.2) is 57.9 Å². The maximum atomic E-state index is 10.7. The van der Waals surface area contributed by atoms with Gasteiger partial charge in [0.15, 0.2) is 16.2 Å². The largest absolute Gasteiger partial charge is 0.484 e. The normalized spacial score (nSPS) is 19.7. The zero-order valence-corrected chi connectivity index (χ0v) is 26.8. The molecule has 0 aromatic rings. The van der Waals surface area contributed by atoms with E-state index in [1.807, 2.05) is 0 Å². The number of rotatable bonds is 26. The molecule has 1 aliphatic heterocycles. The fourth-order valence-electron chi connectivity index (χ4n) is 5.16. The van der Waals surface area contributed by atoms with Crippen molar-refractivity contribution in [3.05, 3.63) is 0 Å². The lowest BCUT2D eigenvalue weighted by Crippen LogP contribution is -2.43. The van der Waals surface area contributed by atoms with Gasteiger partial charge in [0.05, 0.1) is 6.61 Å². The molecule has 1 rings (SSSR count). The zero-order chi connectivity index (χ0) is 28.6. The molecule has 0 aliphatic carbocycles. The number of hydrogen-bond donors (Lipinski definition) is 2. The van der Waals surface area contributed by atoms with E-state index in [1.54, 1.807) is 0 Å². The molecule has 2 N–H and O–H groups in total. The second kappa shape index (κ2) is 25.4. The van der Waals surface area contributed by atoms with E-state index in [2.05, 4.69) is 13.8 Å². The fraction of sp³-hybridized carbons (Fsp3) is 0.938. The van der Waals surface area contributed by atoms with E-state index in [4.69, 9.17) is 38.6 Å². The third-order valence-electron chi connectivity index (χ3n) is 7.69. The van der Waals surface area contributed by atoms with Crippen molar-refractivity contribution in [2.24, 2.45) is 0 Å². The second-order valence-corrected chi connectivity index (χ2v) is 12.3. The number of ether oxygens (including phenoxy) is 3. The second-order valence-electron chi connectivity index (χ2n) is 11.4. The molecule has 1 heterocycles. The Labute approximate surface area is 251 Å². The summed E-state index contributed by atoms with van der Waals surface area (Å²) < 4.78 is 17.2. The van der Waals surface area contributed by atoms with Gasteiger partial charge in [-0.3, -0.25) is 0 Å². The van der Waals surface area contributed by atoms with Crippen molar-refractivity contribution in [2.45, 2.75) is 180 Å². The summed E-state index contributed by atoms with van der Waals surface area (Å²) in [5.74, 6) is 0. The minimum Gasteiger partial charge on any atom is -0.484 e. The van der Waals surface area contributed by atoms with E-state index < -0.39 is 24.4 Å². The lowest BCUT2D eigenvalue weighted by Gasteiger charge is -2.26. The van der Waals surface area contributed by atoms with Crippen molar-refractivity contribution in [1.29, 1.82) is 0 Å². The Kier molecular flexibility index (Phi) is 23.9. The lowest BCUT2D eigenvalue weighted by molar-refractivity contribution is -0.0620. The minimum absolute atomic E-state index is 0.0407. The summed E-state index contributed by atoms with van der Waals surface area (Å²) in [6, 6.07) is 0. The monoisotopic (exact) mass is 588 g/mol. The Bertz CT molecular complexity index is 603. The molecule has 4 atom stereocenters. The summed E-state index contributed by atoms with van der Waals surface area (Å²) in [6.07, 6.45) is 23.8. The van der Waals surface area contributed by atoms with Crippen LogP contribution in [-0.2, 0) is 14.2 Å². The van der Waals surface area contributed by atoms with Gasteiger partial charge in [-0.1, -0.05) is 129 Å². The summed E-state index contributed by atoms with van der Waals surface area (Å²) in [4.78, 5) is 0. The number of hydrogen-bond acceptors (Lipinski definition) is 7. The molecule has 0 radical (unpaired) electrons. The third kappa shape index (κ3) is 19.4. The first-order valence-electron chi connectivity index (χ1n) is 16.3. The van der Waals surface area contributed by atoms with Crippen LogP contribution >= 0.6 is 24.4 Å². The van der Waals surface area contributed by atoms with Gasteiger partial charge in [0.2, 0.25) is 0 Å². The van der Waals surface area contributed by atoms with E-state index in [0.29, 0.717) is 16.5 Å². The number of aliphatic hydroxyl groups excluding tert-OH is 2. The first-order valence-corrected chi connectivity index (χ1v) is 17.1. The maximum Gasteiger partial charge on any atom is 0.160 e. The van der Waals surface area contributed by atoms with Crippen molar-refractivity contribution in [1.82, 2.24) is 0 Å². The van der Waals surface area contributed by atoms with E-state index in [0.717, 1.165) is 32.1 Å². The quantitative estimate of drug-likeness (QED) is 0.0773. The highest BCUT2D eigenvalue weighted by molar-refractivity contribution is 7.80. The van der Waals surface area contributed by atoms with Crippen LogP contribution in [0, 0.1) is 0 Å². The molecule has 1 saturated heterocycles. The van der Waals surface area contributed by atoms with Crippen LogP contribution in [0.4, 0.5) is 0 Å². The van der Waals surface area contributed by atoms with E-state index in [-0.39, 0.29) is 13.2 Å². The van der Waals surface area contributed by atoms with Gasteiger partial charge >= 0.3 is 0 Å². The first-order chi connectivity index (χ1) is 19.0. The van der Waals surface area contributed by atoms with E-state index >= 15 is 0 Å². The summed E-state index contributed by atoms with van der Waals surface area (Å²) in [6.45, 7) is 4.67. The van der Waals surface area contributed by atoms with Crippen molar-refractivity contribution < 1.29 is 24.4 Å². The predicted molar refractivity (Wildman–Crippen MR) is 171 cm³/mol. The number of unbranched alkanes of at least 4 members (excludes halogenated alkanes) is 18. The van der Waals surface area contributed by atoms with E-state index in [9.17, 15) is 10.2 Å². The third-order valence-corrected chi connectivity index (χ3v) is 8.32. The van der Waals surface area contributed by atoms with Gasteiger partial charge in [0.1, 0.15) is 24.9 Å². The molecule has 0 aromatic carbocycles. The van der Waals surface area contributed by atoms with Crippen molar-refractivity contribution in [3.63, 3.8) is 0 Å². The Morgan fingerprint density at radius 1 is 0.692 bits per heavy atom. The molecule has 0 bridgehead atoms. The predicted octanol–water partition coefficient (Wildman–Crippen LogP) is 8.79. The molecule has 0 aromatic heterocycles. The molecule has 1 fully saturated rings. The van der Waals surface area contributed by atoms with Gasteiger partial charge in [-0.15, -0.1) is 0 Å². The molecule has 5 nitrogen and oxygen atoms in total. The Balaban J connectivity index is 2.12. The van der Waals surface area contributed by atoms with Gasteiger partial charge in [0.25, 0.3) is 0 Å². The highest BCUT2D eigenvalue weighted by Gasteiger charge is 2.43. The summed E-state index contributed by atoms with van der Waals surface area (Å²) in [5.41, 5.74) is 0. The fourth-order valence-corrected chi connectivity index (χ4v) is 5.63. The van der Waals surface area contributed by atoms with Crippen LogP contribution in [0.5, 0.6) is 0 Å². The van der Waals surface area contributed by atoms with E-state index in [1.165, 1.54) is 103 Å². The Hall–Kier alpha value is -0.340. The minimum atomic E-state index is -0.932. The average Bonchev–Trinajstić information content (AvgIpc) is 3.29. The molecular formula is C32H60O5S2. The molecule has 0 saturated carbocycles. The number of aliphatic hydroxyl groups is 2. The van der Waals surface area contributed by atoms with Gasteiger partial charge < -0.3 is 24.4 Å². The molecule has 230 valence electrons. The van der Waals surface area contributed by atoms with Crippen LogP contribution < -0.4 is 0 Å². The molecule has 7 heteroatoms. The van der Waals surface area contributed by atoms with Gasteiger partial charge in [0, 0.05) is 12.8 Å². The van der Waals surface area contributed by atoms with Gasteiger partial charge in [-0.2, -0.15) is 0 Å².